The topological polar surface area (TPSA) is 33.7 Å². The van der Waals surface area contributed by atoms with Crippen molar-refractivity contribution in [3.63, 3.8) is 0 Å². The molecule has 2 nitrogen and oxygen atoms in total. The van der Waals surface area contributed by atoms with Crippen molar-refractivity contribution in [1.82, 2.24) is 0 Å². The first-order valence-corrected chi connectivity index (χ1v) is 8.19. The summed E-state index contributed by atoms with van der Waals surface area (Å²) in [5.74, 6) is 0.312. The molecule has 0 bridgehead atoms. The van der Waals surface area contributed by atoms with Crippen molar-refractivity contribution in [3.05, 3.63) is 69.7 Å². The highest BCUT2D eigenvalue weighted by atomic mass is 35.5. The van der Waals surface area contributed by atoms with E-state index in [2.05, 4.69) is 5.32 Å². The highest BCUT2D eigenvalue weighted by Gasteiger charge is 2.38. The Kier molecular flexibility index (Phi) is 6.10. The summed E-state index contributed by atoms with van der Waals surface area (Å²) in [6.45, 7) is 2.01. The number of quaternary nitrogens is 1. The van der Waals surface area contributed by atoms with Gasteiger partial charge in [0, 0.05) is 21.2 Å². The molecule has 1 fully saturated rings. The number of rotatable bonds is 2. The lowest BCUT2D eigenvalue weighted by Crippen LogP contribution is -3.00. The average Bonchev–Trinajstić information content (AvgIpc) is 2.52. The van der Waals surface area contributed by atoms with Crippen molar-refractivity contribution < 1.29 is 22.5 Å². The molecular weight excluding hydrogens is 353 g/mol. The molecule has 5 heteroatoms. The van der Waals surface area contributed by atoms with Crippen molar-refractivity contribution in [3.8, 4) is 0 Å². The van der Waals surface area contributed by atoms with Gasteiger partial charge in [-0.3, -0.25) is 4.79 Å². The van der Waals surface area contributed by atoms with E-state index in [1.807, 2.05) is 55.5 Å². The number of hydrogen-bond donors (Lipinski definition) is 1. The molecule has 122 valence electrons. The number of carbonyl (C=O) groups is 1. The maximum atomic E-state index is 12.4. The number of piperidine rings is 1. The van der Waals surface area contributed by atoms with Crippen LogP contribution in [0.1, 0.15) is 36.6 Å². The minimum Gasteiger partial charge on any atom is -1.00 e. The summed E-state index contributed by atoms with van der Waals surface area (Å²) in [6.07, 6.45) is 0.562. The molecule has 0 radical (unpaired) electrons. The summed E-state index contributed by atoms with van der Waals surface area (Å²) >= 11 is 11.9. The van der Waals surface area contributed by atoms with Crippen LogP contribution < -0.4 is 17.7 Å². The van der Waals surface area contributed by atoms with Crippen LogP contribution in [0.3, 0.4) is 0 Å². The van der Waals surface area contributed by atoms with Crippen LogP contribution in [0.5, 0.6) is 0 Å². The Labute approximate surface area is 152 Å². The standard InChI is InChI=1S/C18H17Cl2NO.ClH/c1-11-17(22)10-16(12-2-6-14(19)7-3-12)21-18(11)13-4-8-15(20)9-5-13;/h2-9,11,16,18,21H,10H2,1H3;1H. The summed E-state index contributed by atoms with van der Waals surface area (Å²) in [7, 11) is 0. The summed E-state index contributed by atoms with van der Waals surface area (Å²) in [6, 6.07) is 15.8. The molecule has 3 atom stereocenters. The van der Waals surface area contributed by atoms with E-state index in [1.165, 1.54) is 0 Å². The Morgan fingerprint density at radius 2 is 1.39 bits per heavy atom. The van der Waals surface area contributed by atoms with Crippen molar-refractivity contribution in [2.45, 2.75) is 25.4 Å². The number of halogens is 3. The molecule has 0 saturated carbocycles. The molecule has 2 N–H and O–H groups in total. The summed E-state index contributed by atoms with van der Waals surface area (Å²) in [5, 5.41) is 3.72. The normalized spacial score (nSPS) is 24.1. The predicted octanol–water partition coefficient (Wildman–Crippen LogP) is 0.952. The monoisotopic (exact) mass is 369 g/mol. The fraction of sp³-hybridized carbons (Fsp3) is 0.278. The molecule has 0 amide bonds. The van der Waals surface area contributed by atoms with E-state index in [4.69, 9.17) is 23.2 Å². The van der Waals surface area contributed by atoms with Crippen LogP contribution in [-0.4, -0.2) is 5.78 Å². The zero-order valence-electron chi connectivity index (χ0n) is 12.7. The number of ketones is 1. The molecule has 1 heterocycles. The third-order valence-electron chi connectivity index (χ3n) is 4.46. The summed E-state index contributed by atoms with van der Waals surface area (Å²) in [4.78, 5) is 12.4. The van der Waals surface area contributed by atoms with Crippen LogP contribution in [0, 0.1) is 5.92 Å². The molecule has 0 aliphatic carbocycles. The second kappa shape index (κ2) is 7.67. The van der Waals surface area contributed by atoms with Crippen molar-refractivity contribution in [2.24, 2.45) is 5.92 Å². The Bertz CT molecular complexity index is 670. The maximum Gasteiger partial charge on any atom is 0.148 e. The Balaban J connectivity index is 0.00000192. The molecule has 2 aromatic rings. The maximum absolute atomic E-state index is 12.4. The lowest BCUT2D eigenvalue weighted by molar-refractivity contribution is -0.742. The highest BCUT2D eigenvalue weighted by Crippen LogP contribution is 2.29. The summed E-state index contributed by atoms with van der Waals surface area (Å²) < 4.78 is 0. The van der Waals surface area contributed by atoms with Crippen LogP contribution in [0.4, 0.5) is 0 Å². The number of Topliss-reactive ketones (excluding diaryl/α,β-unsaturated/α-hetero) is 1. The van der Waals surface area contributed by atoms with Gasteiger partial charge in [-0.1, -0.05) is 47.5 Å². The third kappa shape index (κ3) is 4.07. The number of benzene rings is 2. The van der Waals surface area contributed by atoms with Crippen LogP contribution in [-0.2, 0) is 4.79 Å². The van der Waals surface area contributed by atoms with Gasteiger partial charge in [0.05, 0.1) is 12.3 Å². The van der Waals surface area contributed by atoms with E-state index in [9.17, 15) is 4.79 Å². The molecule has 3 rings (SSSR count). The van der Waals surface area contributed by atoms with Crippen LogP contribution >= 0.6 is 23.2 Å². The van der Waals surface area contributed by atoms with Gasteiger partial charge in [0.1, 0.15) is 17.9 Å². The molecule has 1 aliphatic rings. The zero-order valence-corrected chi connectivity index (χ0v) is 14.9. The van der Waals surface area contributed by atoms with Gasteiger partial charge >= 0.3 is 0 Å². The van der Waals surface area contributed by atoms with E-state index in [-0.39, 0.29) is 30.4 Å². The third-order valence-corrected chi connectivity index (χ3v) is 4.96. The van der Waals surface area contributed by atoms with E-state index in [1.54, 1.807) is 0 Å². The Hall–Kier alpha value is -1.06. The van der Waals surface area contributed by atoms with Crippen LogP contribution in [0.2, 0.25) is 10.0 Å². The molecule has 1 aliphatic heterocycles. The van der Waals surface area contributed by atoms with Gasteiger partial charge in [-0.15, -0.1) is 0 Å². The van der Waals surface area contributed by atoms with Gasteiger partial charge in [-0.25, -0.2) is 0 Å². The minimum absolute atomic E-state index is 0. The number of carbonyl (C=O) groups excluding carboxylic acids is 1. The van der Waals surface area contributed by atoms with E-state index >= 15 is 0 Å². The van der Waals surface area contributed by atoms with Crippen molar-refractivity contribution in [2.75, 3.05) is 0 Å². The van der Waals surface area contributed by atoms with Gasteiger partial charge in [0.25, 0.3) is 0 Å². The molecule has 2 aromatic carbocycles. The quantitative estimate of drug-likeness (QED) is 0.839. The van der Waals surface area contributed by atoms with Gasteiger partial charge in [0.2, 0.25) is 0 Å². The predicted molar refractivity (Wildman–Crippen MR) is 89.1 cm³/mol. The van der Waals surface area contributed by atoms with E-state index in [0.29, 0.717) is 22.2 Å². The largest absolute Gasteiger partial charge is 1.00 e. The Morgan fingerprint density at radius 1 is 0.913 bits per heavy atom. The first-order valence-electron chi connectivity index (χ1n) is 7.43. The first-order chi connectivity index (χ1) is 10.5. The number of nitrogens with two attached hydrogens (primary N) is 1. The first kappa shape index (κ1) is 18.3. The fourth-order valence-electron chi connectivity index (χ4n) is 3.11. The van der Waals surface area contributed by atoms with Crippen molar-refractivity contribution >= 4 is 29.0 Å². The van der Waals surface area contributed by atoms with Gasteiger partial charge < -0.3 is 17.7 Å². The molecule has 0 spiro atoms. The fourth-order valence-corrected chi connectivity index (χ4v) is 3.36. The van der Waals surface area contributed by atoms with E-state index in [0.717, 1.165) is 11.1 Å². The second-order valence-electron chi connectivity index (χ2n) is 5.89. The molecule has 23 heavy (non-hydrogen) atoms. The zero-order chi connectivity index (χ0) is 15.7. The highest BCUT2D eigenvalue weighted by molar-refractivity contribution is 6.30. The smallest absolute Gasteiger partial charge is 0.148 e. The molecular formula is C18H18Cl3NO. The minimum atomic E-state index is 0. The van der Waals surface area contributed by atoms with Gasteiger partial charge in [0.15, 0.2) is 0 Å². The molecule has 1 saturated heterocycles. The molecule has 0 aromatic heterocycles. The SMILES string of the molecule is CC1C(=O)CC(c2ccc(Cl)cc2)[NH2+]C1c1ccc(Cl)cc1.[Cl-]. The van der Waals surface area contributed by atoms with Crippen LogP contribution in [0.25, 0.3) is 0 Å². The van der Waals surface area contributed by atoms with Crippen molar-refractivity contribution in [1.29, 1.82) is 0 Å². The lowest BCUT2D eigenvalue weighted by Gasteiger charge is -2.32. The average molecular weight is 371 g/mol. The summed E-state index contributed by atoms with van der Waals surface area (Å²) in [5.41, 5.74) is 2.28. The molecule has 3 unspecified atom stereocenters. The second-order valence-corrected chi connectivity index (χ2v) is 6.76. The van der Waals surface area contributed by atoms with E-state index < -0.39 is 0 Å². The van der Waals surface area contributed by atoms with Gasteiger partial charge in [-0.05, 0) is 31.2 Å². The lowest BCUT2D eigenvalue weighted by atomic mass is 9.82. The Morgan fingerprint density at radius 3 is 1.91 bits per heavy atom. The van der Waals surface area contributed by atoms with Gasteiger partial charge in [-0.2, -0.15) is 0 Å². The number of hydrogen-bond acceptors (Lipinski definition) is 1. The van der Waals surface area contributed by atoms with Crippen LogP contribution in [0.15, 0.2) is 48.5 Å².